The molecule has 136 valence electrons. The summed E-state index contributed by atoms with van der Waals surface area (Å²) in [6.45, 7) is 1.03. The Hall–Kier alpha value is -1.83. The van der Waals surface area contributed by atoms with Crippen LogP contribution in [-0.4, -0.2) is 31.2 Å². The smallest absolute Gasteiger partial charge is 0.344 e. The van der Waals surface area contributed by atoms with Crippen LogP contribution in [0.5, 0.6) is 0 Å². The Kier molecular flexibility index (Phi) is 4.10. The fourth-order valence-electron chi connectivity index (χ4n) is 4.14. The first kappa shape index (κ1) is 16.6. The van der Waals surface area contributed by atoms with Crippen LogP contribution in [0.15, 0.2) is 6.20 Å². The largest absolute Gasteiger partial charge is 0.433 e. The standard InChI is InChI=1S/C17H22F3N5/c1-24-15(17(18,19)20)11(9-21-24)10-25-8-4-7-14(25)16-22-12-5-2-3-6-13(12)23-16/h9,14H,2-8,10H2,1H3,(H,22,23)/t14-/m0/s1. The van der Waals surface area contributed by atoms with E-state index in [1.165, 1.54) is 25.4 Å². The maximum Gasteiger partial charge on any atom is 0.433 e. The molecule has 1 aliphatic carbocycles. The lowest BCUT2D eigenvalue weighted by Crippen LogP contribution is -2.25. The highest BCUT2D eigenvalue weighted by Crippen LogP contribution is 2.36. The topological polar surface area (TPSA) is 49.7 Å². The molecule has 2 aromatic rings. The number of imidazole rings is 1. The quantitative estimate of drug-likeness (QED) is 0.920. The summed E-state index contributed by atoms with van der Waals surface area (Å²) < 4.78 is 40.8. The van der Waals surface area contributed by atoms with E-state index < -0.39 is 11.9 Å². The zero-order valence-electron chi connectivity index (χ0n) is 14.2. The van der Waals surface area contributed by atoms with Gasteiger partial charge in [0.25, 0.3) is 0 Å². The fraction of sp³-hybridized carbons (Fsp3) is 0.647. The third-order valence-electron chi connectivity index (χ3n) is 5.31. The predicted molar refractivity (Wildman–Crippen MR) is 85.8 cm³/mol. The number of halogens is 3. The summed E-state index contributed by atoms with van der Waals surface area (Å²) in [6, 6.07) is 0.0619. The molecule has 0 aromatic carbocycles. The molecule has 1 atom stereocenters. The van der Waals surface area contributed by atoms with Crippen LogP contribution in [0, 0.1) is 0 Å². The number of fused-ring (bicyclic) bond motifs is 1. The summed E-state index contributed by atoms with van der Waals surface area (Å²) in [7, 11) is 1.34. The third-order valence-corrected chi connectivity index (χ3v) is 5.31. The van der Waals surface area contributed by atoms with Crippen molar-refractivity contribution < 1.29 is 13.2 Å². The number of aromatic amines is 1. The Morgan fingerprint density at radius 3 is 2.80 bits per heavy atom. The number of aryl methyl sites for hydroxylation is 3. The van der Waals surface area contributed by atoms with Crippen LogP contribution >= 0.6 is 0 Å². The Bertz CT molecular complexity index is 737. The van der Waals surface area contributed by atoms with Crippen molar-refractivity contribution in [3.8, 4) is 0 Å². The second-order valence-corrected chi connectivity index (χ2v) is 7.02. The minimum Gasteiger partial charge on any atom is -0.344 e. The number of hydrogen-bond acceptors (Lipinski definition) is 3. The molecular formula is C17H22F3N5. The van der Waals surface area contributed by atoms with Gasteiger partial charge in [-0.05, 0) is 45.1 Å². The van der Waals surface area contributed by atoms with Crippen LogP contribution in [0.4, 0.5) is 13.2 Å². The van der Waals surface area contributed by atoms with Crippen molar-refractivity contribution >= 4 is 0 Å². The predicted octanol–water partition coefficient (Wildman–Crippen LogP) is 3.38. The Morgan fingerprint density at radius 1 is 1.24 bits per heavy atom. The van der Waals surface area contributed by atoms with Gasteiger partial charge in [-0.1, -0.05) is 0 Å². The lowest BCUT2D eigenvalue weighted by molar-refractivity contribution is -0.144. The van der Waals surface area contributed by atoms with Gasteiger partial charge in [-0.3, -0.25) is 9.58 Å². The van der Waals surface area contributed by atoms with Gasteiger partial charge in [-0.2, -0.15) is 18.3 Å². The number of aromatic nitrogens is 4. The van der Waals surface area contributed by atoms with Crippen molar-refractivity contribution in [1.29, 1.82) is 0 Å². The molecule has 5 nitrogen and oxygen atoms in total. The van der Waals surface area contributed by atoms with Crippen LogP contribution in [0.25, 0.3) is 0 Å². The van der Waals surface area contributed by atoms with Gasteiger partial charge >= 0.3 is 6.18 Å². The molecule has 1 aliphatic heterocycles. The molecule has 2 aromatic heterocycles. The second-order valence-electron chi connectivity index (χ2n) is 7.02. The lowest BCUT2D eigenvalue weighted by Gasteiger charge is -2.23. The Labute approximate surface area is 144 Å². The molecule has 0 bridgehead atoms. The molecule has 0 spiro atoms. The molecule has 2 aliphatic rings. The molecule has 1 N–H and O–H groups in total. The second kappa shape index (κ2) is 6.16. The van der Waals surface area contributed by atoms with Crippen molar-refractivity contribution in [1.82, 2.24) is 24.6 Å². The van der Waals surface area contributed by atoms with Crippen LogP contribution < -0.4 is 0 Å². The highest BCUT2D eigenvalue weighted by molar-refractivity contribution is 5.23. The first-order valence-corrected chi connectivity index (χ1v) is 8.83. The maximum absolute atomic E-state index is 13.3. The number of H-pyrrole nitrogens is 1. The highest BCUT2D eigenvalue weighted by Gasteiger charge is 2.39. The zero-order chi connectivity index (χ0) is 17.6. The first-order chi connectivity index (χ1) is 11.9. The van der Waals surface area contributed by atoms with Gasteiger partial charge in [0, 0.05) is 24.8 Å². The molecule has 4 rings (SSSR count). The molecule has 0 saturated carbocycles. The summed E-state index contributed by atoms with van der Waals surface area (Å²) in [5, 5.41) is 3.82. The molecule has 0 radical (unpaired) electrons. The van der Waals surface area contributed by atoms with Gasteiger partial charge in [-0.15, -0.1) is 0 Å². The van der Waals surface area contributed by atoms with Crippen molar-refractivity contribution in [2.75, 3.05) is 6.54 Å². The number of rotatable bonds is 3. The molecule has 1 saturated heterocycles. The first-order valence-electron chi connectivity index (χ1n) is 8.83. The third kappa shape index (κ3) is 3.07. The number of hydrogen-bond donors (Lipinski definition) is 1. The normalized spacial score (nSPS) is 21.7. The summed E-state index contributed by atoms with van der Waals surface area (Å²) >= 11 is 0. The zero-order valence-corrected chi connectivity index (χ0v) is 14.2. The molecular weight excluding hydrogens is 331 g/mol. The summed E-state index contributed by atoms with van der Waals surface area (Å²) in [5.74, 6) is 0.918. The summed E-state index contributed by atoms with van der Waals surface area (Å²) in [4.78, 5) is 10.3. The van der Waals surface area contributed by atoms with E-state index in [1.807, 2.05) is 0 Å². The monoisotopic (exact) mass is 353 g/mol. The summed E-state index contributed by atoms with van der Waals surface area (Å²) in [6.07, 6.45) is 3.20. The van der Waals surface area contributed by atoms with Crippen LogP contribution in [0.2, 0.25) is 0 Å². The summed E-state index contributed by atoms with van der Waals surface area (Å²) in [5.41, 5.74) is 1.94. The van der Waals surface area contributed by atoms with E-state index in [1.54, 1.807) is 0 Å². The van der Waals surface area contributed by atoms with E-state index in [9.17, 15) is 13.2 Å². The number of alkyl halides is 3. The average molecular weight is 353 g/mol. The van der Waals surface area contributed by atoms with Crippen molar-refractivity contribution in [2.24, 2.45) is 7.05 Å². The van der Waals surface area contributed by atoms with Crippen LogP contribution in [0.3, 0.4) is 0 Å². The van der Waals surface area contributed by atoms with Crippen LogP contribution in [0.1, 0.15) is 60.2 Å². The van der Waals surface area contributed by atoms with E-state index in [0.717, 1.165) is 54.8 Å². The van der Waals surface area contributed by atoms with E-state index >= 15 is 0 Å². The van der Waals surface area contributed by atoms with Crippen LogP contribution in [-0.2, 0) is 32.6 Å². The SMILES string of the molecule is Cn1ncc(CN2CCC[C@H]2c2nc3c([nH]2)CCCC3)c1C(F)(F)F. The number of nitrogens with one attached hydrogen (secondary N) is 1. The minimum absolute atomic E-state index is 0.0619. The lowest BCUT2D eigenvalue weighted by atomic mass is 10.0. The van der Waals surface area contributed by atoms with E-state index in [0.29, 0.717) is 0 Å². The van der Waals surface area contributed by atoms with Gasteiger partial charge in [0.15, 0.2) is 0 Å². The minimum atomic E-state index is -4.39. The van der Waals surface area contributed by atoms with Gasteiger partial charge in [0.2, 0.25) is 0 Å². The van der Waals surface area contributed by atoms with Crippen molar-refractivity contribution in [3.05, 3.63) is 34.7 Å². The van der Waals surface area contributed by atoms with Gasteiger partial charge in [-0.25, -0.2) is 4.98 Å². The molecule has 3 heterocycles. The molecule has 0 unspecified atom stereocenters. The Morgan fingerprint density at radius 2 is 2.04 bits per heavy atom. The maximum atomic E-state index is 13.3. The molecule has 8 heteroatoms. The molecule has 0 amide bonds. The number of nitrogens with zero attached hydrogens (tertiary/aromatic N) is 4. The highest BCUT2D eigenvalue weighted by atomic mass is 19.4. The van der Waals surface area contributed by atoms with Gasteiger partial charge < -0.3 is 4.98 Å². The number of likely N-dealkylation sites (tertiary alicyclic amines) is 1. The van der Waals surface area contributed by atoms with Crippen molar-refractivity contribution in [3.63, 3.8) is 0 Å². The fourth-order valence-corrected chi connectivity index (χ4v) is 4.14. The average Bonchev–Trinajstić information content (AvgIpc) is 3.24. The Balaban J connectivity index is 1.58. The van der Waals surface area contributed by atoms with E-state index in [2.05, 4.69) is 15.0 Å². The molecule has 1 fully saturated rings. The van der Waals surface area contributed by atoms with E-state index in [-0.39, 0.29) is 18.2 Å². The molecule has 25 heavy (non-hydrogen) atoms. The van der Waals surface area contributed by atoms with Gasteiger partial charge in [0.1, 0.15) is 11.5 Å². The van der Waals surface area contributed by atoms with E-state index in [4.69, 9.17) is 4.98 Å². The van der Waals surface area contributed by atoms with Gasteiger partial charge in [0.05, 0.1) is 17.9 Å². The van der Waals surface area contributed by atoms with Crippen molar-refractivity contribution in [2.45, 2.75) is 57.3 Å².